The van der Waals surface area contributed by atoms with Gasteiger partial charge in [-0.15, -0.1) is 0 Å². The zero-order chi connectivity index (χ0) is 40.4. The first-order valence-corrected chi connectivity index (χ1v) is 21.8. The Morgan fingerprint density at radius 3 is 1.29 bits per heavy atom. The summed E-state index contributed by atoms with van der Waals surface area (Å²) in [4.78, 5) is 11.5. The second-order valence-corrected chi connectivity index (χ2v) is 19.2. The predicted molar refractivity (Wildman–Crippen MR) is 205 cm³/mol. The number of nitrogens with zero attached hydrogens (tertiary/aromatic N) is 2. The number of sulfonamides is 2. The van der Waals surface area contributed by atoms with E-state index in [2.05, 4.69) is 10.6 Å². The molecule has 4 heterocycles. The Hall–Kier alpha value is -5.97. The number of carbonyl (C=O) groups is 1. The molecule has 0 saturated heterocycles. The maximum absolute atomic E-state index is 14.0. The maximum Gasteiger partial charge on any atom is 0.323 e. The van der Waals surface area contributed by atoms with Gasteiger partial charge in [-0.2, -0.15) is 16.8 Å². The molecule has 10 rings (SSSR count). The van der Waals surface area contributed by atoms with Gasteiger partial charge in [0.05, 0.1) is 34.1 Å². The molecule has 0 radical (unpaired) electrons. The van der Waals surface area contributed by atoms with E-state index in [1.165, 1.54) is 60.7 Å². The van der Waals surface area contributed by atoms with E-state index in [9.17, 15) is 57.8 Å². The SMILES string of the molecule is Cc1c2ccc(c1NC(=O)Nc1c3ccc(c1C)N(c1ccc4cc(S(=O)(=O)O)c(O)cc4c1)S3(=O)=O)S(=O)(=O)N2c1ccc2cc(S(=O)(=O)O)c(O)cc2c1. The van der Waals surface area contributed by atoms with Crippen LogP contribution in [-0.4, -0.2) is 59.0 Å². The van der Waals surface area contributed by atoms with Crippen molar-refractivity contribution in [2.75, 3.05) is 19.2 Å². The fourth-order valence-electron chi connectivity index (χ4n) is 6.97. The van der Waals surface area contributed by atoms with Crippen LogP contribution < -0.4 is 19.2 Å². The average Bonchev–Trinajstić information content (AvgIpc) is 3.09. The first-order valence-electron chi connectivity index (χ1n) is 16.0. The normalized spacial score (nSPS) is 15.4. The van der Waals surface area contributed by atoms with E-state index in [4.69, 9.17) is 0 Å². The topological polar surface area (TPSA) is 265 Å². The highest BCUT2D eigenvalue weighted by Gasteiger charge is 2.40. The van der Waals surface area contributed by atoms with Gasteiger partial charge in [-0.05, 0) is 119 Å². The smallest absolute Gasteiger partial charge is 0.323 e. The summed E-state index contributed by atoms with van der Waals surface area (Å²) in [7, 11) is -18.2. The van der Waals surface area contributed by atoms with Crippen LogP contribution in [0.4, 0.5) is 38.9 Å². The van der Waals surface area contributed by atoms with Crippen LogP contribution in [0.15, 0.2) is 105 Å². The third kappa shape index (κ3) is 5.58. The Balaban J connectivity index is 1.10. The minimum Gasteiger partial charge on any atom is -0.506 e. The van der Waals surface area contributed by atoms with Crippen molar-refractivity contribution in [2.45, 2.75) is 33.4 Å². The molecule has 0 atom stereocenters. The molecule has 17 nitrogen and oxygen atoms in total. The van der Waals surface area contributed by atoms with Gasteiger partial charge in [0.2, 0.25) is 0 Å². The zero-order valence-corrected chi connectivity index (χ0v) is 31.8. The molecule has 0 spiro atoms. The van der Waals surface area contributed by atoms with E-state index in [1.54, 1.807) is 13.8 Å². The number of aromatic hydroxyl groups is 2. The fourth-order valence-corrected chi connectivity index (χ4v) is 11.7. The molecule has 288 valence electrons. The molecule has 2 amide bonds. The van der Waals surface area contributed by atoms with Crippen LogP contribution in [0.3, 0.4) is 0 Å². The maximum atomic E-state index is 14.0. The molecule has 6 N–H and O–H groups in total. The highest BCUT2D eigenvalue weighted by Crippen LogP contribution is 2.49. The molecule has 6 aromatic rings. The summed E-state index contributed by atoms with van der Waals surface area (Å²) in [6.07, 6.45) is 0. The fraction of sp³-hybridized carbons (Fsp3) is 0.0571. The van der Waals surface area contributed by atoms with Crippen molar-refractivity contribution in [3.63, 3.8) is 0 Å². The summed E-state index contributed by atoms with van der Waals surface area (Å²) in [6, 6.07) is 17.3. The van der Waals surface area contributed by atoms with E-state index in [0.717, 1.165) is 32.9 Å². The van der Waals surface area contributed by atoms with Crippen LogP contribution in [0.1, 0.15) is 11.1 Å². The molecule has 4 bridgehead atoms. The molecule has 21 heteroatoms. The van der Waals surface area contributed by atoms with Gasteiger partial charge in [-0.3, -0.25) is 9.11 Å². The molecular weight excluding hydrogens is 813 g/mol. The van der Waals surface area contributed by atoms with E-state index in [-0.39, 0.29) is 65.5 Å². The number of phenols is 2. The van der Waals surface area contributed by atoms with Crippen molar-refractivity contribution < 1.29 is 57.8 Å². The van der Waals surface area contributed by atoms with Crippen LogP contribution in [0.5, 0.6) is 11.5 Å². The minimum atomic E-state index is -4.74. The second-order valence-electron chi connectivity index (χ2n) is 12.9. The van der Waals surface area contributed by atoms with Crippen LogP contribution in [-0.2, 0) is 40.3 Å². The van der Waals surface area contributed by atoms with Crippen molar-refractivity contribution in [1.82, 2.24) is 0 Å². The standard InChI is InChI=1S/C35H26N4O13S4/c1-17-25-7-9-29(53(43,44)38(25)23-5-3-19-15-31(55(47,48)49)27(40)13-21(19)11-23)33(17)36-35(42)37-34-18(2)26-8-10-30(34)54(45,46)39(26)24-6-4-20-16-32(56(50,51)52)28(41)14-22(20)12-24/h3-16,40-41H,1-2H3,(H2,36,37,42)(H,47,48,49)(H,50,51,52). The second kappa shape index (κ2) is 12.0. The molecule has 0 aromatic heterocycles. The molecule has 0 unspecified atom stereocenters. The van der Waals surface area contributed by atoms with E-state index in [0.29, 0.717) is 11.1 Å². The number of rotatable bonds is 6. The molecule has 0 saturated carbocycles. The Kier molecular flexibility index (Phi) is 7.93. The molecule has 4 aliphatic rings. The number of nitrogens with one attached hydrogen (secondary N) is 2. The van der Waals surface area contributed by atoms with Crippen molar-refractivity contribution in [2.24, 2.45) is 0 Å². The predicted octanol–water partition coefficient (Wildman–Crippen LogP) is 5.84. The molecule has 56 heavy (non-hydrogen) atoms. The summed E-state index contributed by atoms with van der Waals surface area (Å²) in [5.41, 5.74) is 1.09. The van der Waals surface area contributed by atoms with Gasteiger partial charge in [-0.1, -0.05) is 12.1 Å². The van der Waals surface area contributed by atoms with Crippen LogP contribution in [0, 0.1) is 13.8 Å². The number of carbonyl (C=O) groups excluding carboxylic acids is 1. The third-order valence-electron chi connectivity index (χ3n) is 9.58. The molecular formula is C35H26N4O13S4. The Morgan fingerprint density at radius 1 is 0.554 bits per heavy atom. The number of benzene rings is 6. The number of fused-ring (bicyclic) bond motifs is 8. The summed E-state index contributed by atoms with van der Waals surface area (Å²) in [5.74, 6) is -1.48. The summed E-state index contributed by atoms with van der Waals surface area (Å²) < 4.78 is 123. The van der Waals surface area contributed by atoms with Gasteiger partial charge < -0.3 is 20.8 Å². The van der Waals surface area contributed by atoms with Crippen molar-refractivity contribution in [3.8, 4) is 11.5 Å². The number of hydrogen-bond acceptors (Lipinski definition) is 11. The molecule has 4 aliphatic heterocycles. The Bertz CT molecular complexity index is 3050. The monoisotopic (exact) mass is 838 g/mol. The van der Waals surface area contributed by atoms with Gasteiger partial charge in [0, 0.05) is 0 Å². The quantitative estimate of drug-likeness (QED) is 0.108. The molecule has 0 aliphatic carbocycles. The number of amides is 2. The van der Waals surface area contributed by atoms with Gasteiger partial charge in [0.1, 0.15) is 31.1 Å². The summed E-state index contributed by atoms with van der Waals surface area (Å²) in [5, 5.41) is 26.6. The Morgan fingerprint density at radius 2 is 0.929 bits per heavy atom. The van der Waals surface area contributed by atoms with Gasteiger partial charge in [0.15, 0.2) is 0 Å². The van der Waals surface area contributed by atoms with Crippen molar-refractivity contribution >= 4 is 102 Å². The summed E-state index contributed by atoms with van der Waals surface area (Å²) in [6.45, 7) is 3.13. The lowest BCUT2D eigenvalue weighted by atomic mass is 10.1. The number of phenolic OH excluding ortho intramolecular Hbond substituents is 2. The van der Waals surface area contributed by atoms with Crippen LogP contribution in [0.25, 0.3) is 21.5 Å². The average molecular weight is 839 g/mol. The first-order chi connectivity index (χ1) is 26.1. The summed E-state index contributed by atoms with van der Waals surface area (Å²) >= 11 is 0. The van der Waals surface area contributed by atoms with Crippen molar-refractivity contribution in [1.29, 1.82) is 0 Å². The lowest BCUT2D eigenvalue weighted by Gasteiger charge is -2.34. The van der Waals surface area contributed by atoms with Gasteiger partial charge in [0.25, 0.3) is 40.3 Å². The highest BCUT2D eigenvalue weighted by molar-refractivity contribution is 7.93. The molecule has 0 fully saturated rings. The number of urea groups is 1. The van der Waals surface area contributed by atoms with Gasteiger partial charge in [-0.25, -0.2) is 30.2 Å². The Labute approximate surface area is 318 Å². The molecule has 6 aromatic carbocycles. The highest BCUT2D eigenvalue weighted by atomic mass is 32.2. The van der Waals surface area contributed by atoms with E-state index >= 15 is 0 Å². The largest absolute Gasteiger partial charge is 0.506 e. The zero-order valence-electron chi connectivity index (χ0n) is 28.6. The van der Waals surface area contributed by atoms with E-state index in [1.807, 2.05) is 0 Å². The number of anilines is 6. The third-order valence-corrected chi connectivity index (χ3v) is 14.9. The van der Waals surface area contributed by atoms with Crippen LogP contribution in [0.2, 0.25) is 0 Å². The van der Waals surface area contributed by atoms with E-state index < -0.39 is 67.6 Å². The minimum absolute atomic E-state index is 0.0686. The van der Waals surface area contributed by atoms with Crippen molar-refractivity contribution in [3.05, 3.63) is 96.1 Å². The lowest BCUT2D eigenvalue weighted by molar-refractivity contribution is 0.262. The van der Waals surface area contributed by atoms with Crippen LogP contribution >= 0.6 is 0 Å². The lowest BCUT2D eigenvalue weighted by Crippen LogP contribution is -2.35. The van der Waals surface area contributed by atoms with Gasteiger partial charge >= 0.3 is 6.03 Å². The first kappa shape index (κ1) is 37.0. The number of hydrogen-bond donors (Lipinski definition) is 6.